The quantitative estimate of drug-likeness (QED) is 0.413. The molecule has 0 aliphatic carbocycles. The number of carbonyl (C=O) groups excluding carboxylic acids is 1. The van der Waals surface area contributed by atoms with E-state index in [1.54, 1.807) is 48.5 Å². The van der Waals surface area contributed by atoms with Crippen LogP contribution in [0.4, 0.5) is 0 Å². The molecule has 3 rings (SSSR count). The number of rotatable bonds is 7. The molecule has 0 fully saturated rings. The minimum absolute atomic E-state index is 0.160. The summed E-state index contributed by atoms with van der Waals surface area (Å²) in [5.74, 6) is 2.16. The highest BCUT2D eigenvalue weighted by atomic mass is 35.5. The number of hydrogen-bond donors (Lipinski definition) is 0. The van der Waals surface area contributed by atoms with Gasteiger partial charge in [-0.05, 0) is 48.6 Å². The molecule has 0 saturated carbocycles. The summed E-state index contributed by atoms with van der Waals surface area (Å²) in [5, 5.41) is 0.543. The van der Waals surface area contributed by atoms with Crippen molar-refractivity contribution >= 4 is 23.5 Å². The third-order valence-corrected chi connectivity index (χ3v) is 3.97. The molecule has 0 spiro atoms. The zero-order chi connectivity index (χ0) is 18.4. The van der Waals surface area contributed by atoms with Gasteiger partial charge in [0.05, 0.1) is 17.7 Å². The third kappa shape index (κ3) is 4.35. The number of halogens is 1. The highest BCUT2D eigenvalue weighted by Gasteiger charge is 2.09. The maximum Gasteiger partial charge on any atom is 0.189 e. The van der Waals surface area contributed by atoms with Crippen LogP contribution in [0.25, 0.3) is 6.08 Å². The molecule has 0 atom stereocenters. The van der Waals surface area contributed by atoms with E-state index < -0.39 is 0 Å². The van der Waals surface area contributed by atoms with Gasteiger partial charge in [0.2, 0.25) is 0 Å². The summed E-state index contributed by atoms with van der Waals surface area (Å²) in [5.41, 5.74) is 0.500. The lowest BCUT2D eigenvalue weighted by Crippen LogP contribution is -1.98. The van der Waals surface area contributed by atoms with Gasteiger partial charge < -0.3 is 13.9 Å². The van der Waals surface area contributed by atoms with E-state index in [2.05, 4.69) is 0 Å². The van der Waals surface area contributed by atoms with Crippen molar-refractivity contribution in [1.29, 1.82) is 0 Å². The van der Waals surface area contributed by atoms with Crippen LogP contribution in [0, 0.1) is 0 Å². The number of para-hydroxylation sites is 2. The highest BCUT2D eigenvalue weighted by molar-refractivity contribution is 6.32. The van der Waals surface area contributed by atoms with Crippen molar-refractivity contribution in [1.82, 2.24) is 0 Å². The molecule has 0 aliphatic heterocycles. The van der Waals surface area contributed by atoms with E-state index in [1.807, 2.05) is 18.2 Å². The van der Waals surface area contributed by atoms with Crippen molar-refractivity contribution in [3.05, 3.63) is 88.8 Å². The average molecular weight is 369 g/mol. The first-order valence-corrected chi connectivity index (χ1v) is 8.36. The van der Waals surface area contributed by atoms with Gasteiger partial charge in [-0.25, -0.2) is 0 Å². The Balaban J connectivity index is 1.64. The maximum atomic E-state index is 12.3. The first kappa shape index (κ1) is 17.8. The molecule has 132 valence electrons. The molecule has 3 aromatic rings. The summed E-state index contributed by atoms with van der Waals surface area (Å²) in [7, 11) is 1.54. The van der Waals surface area contributed by atoms with Gasteiger partial charge in [0, 0.05) is 0 Å². The van der Waals surface area contributed by atoms with Crippen LogP contribution in [0.5, 0.6) is 11.5 Å². The van der Waals surface area contributed by atoms with Gasteiger partial charge in [-0.15, -0.1) is 0 Å². The second-order valence-corrected chi connectivity index (χ2v) is 5.83. The van der Waals surface area contributed by atoms with Gasteiger partial charge in [-0.3, -0.25) is 4.79 Å². The first-order chi connectivity index (χ1) is 12.7. The fraction of sp³-hybridized carbons (Fsp3) is 0.0952. The van der Waals surface area contributed by atoms with Crippen molar-refractivity contribution < 1.29 is 18.7 Å². The summed E-state index contributed by atoms with van der Waals surface area (Å²) < 4.78 is 16.5. The third-order valence-electron chi connectivity index (χ3n) is 3.66. The predicted molar refractivity (Wildman–Crippen MR) is 101 cm³/mol. The molecule has 0 radical (unpaired) electrons. The predicted octanol–water partition coefficient (Wildman–Crippen LogP) is 5.42. The fourth-order valence-electron chi connectivity index (χ4n) is 2.37. The van der Waals surface area contributed by atoms with Crippen molar-refractivity contribution in [3.63, 3.8) is 0 Å². The zero-order valence-corrected chi connectivity index (χ0v) is 14.9. The van der Waals surface area contributed by atoms with Crippen molar-refractivity contribution in [2.45, 2.75) is 6.61 Å². The van der Waals surface area contributed by atoms with Crippen molar-refractivity contribution in [2.75, 3.05) is 7.11 Å². The molecule has 26 heavy (non-hydrogen) atoms. The molecule has 4 nitrogen and oxygen atoms in total. The summed E-state index contributed by atoms with van der Waals surface area (Å²) in [6, 6.07) is 17.9. The van der Waals surface area contributed by atoms with Gasteiger partial charge >= 0.3 is 0 Å². The normalized spacial score (nSPS) is 10.8. The van der Waals surface area contributed by atoms with E-state index in [-0.39, 0.29) is 12.4 Å². The van der Waals surface area contributed by atoms with E-state index in [0.717, 1.165) is 0 Å². The molecule has 2 aromatic carbocycles. The molecule has 1 aromatic heterocycles. The smallest absolute Gasteiger partial charge is 0.189 e. The van der Waals surface area contributed by atoms with Crippen molar-refractivity contribution in [2.24, 2.45) is 0 Å². The first-order valence-electron chi connectivity index (χ1n) is 7.99. The van der Waals surface area contributed by atoms with E-state index >= 15 is 0 Å². The zero-order valence-electron chi connectivity index (χ0n) is 14.1. The average Bonchev–Trinajstić information content (AvgIpc) is 3.13. The molecular formula is C21H17ClO4. The van der Waals surface area contributed by atoms with E-state index in [0.29, 0.717) is 33.6 Å². The number of ether oxygens (including phenoxy) is 2. The number of allylic oxidation sites excluding steroid dienone is 1. The Labute approximate surface area is 156 Å². The molecule has 0 bridgehead atoms. The Morgan fingerprint density at radius 2 is 1.77 bits per heavy atom. The number of hydrogen-bond acceptors (Lipinski definition) is 4. The molecule has 0 amide bonds. The van der Waals surface area contributed by atoms with Gasteiger partial charge in [-0.2, -0.15) is 0 Å². The number of benzene rings is 2. The van der Waals surface area contributed by atoms with E-state index in [1.165, 1.54) is 13.2 Å². The van der Waals surface area contributed by atoms with Crippen LogP contribution in [-0.4, -0.2) is 12.9 Å². The summed E-state index contributed by atoms with van der Waals surface area (Å²) >= 11 is 6.05. The lowest BCUT2D eigenvalue weighted by atomic mass is 10.1. The van der Waals surface area contributed by atoms with Crippen LogP contribution >= 0.6 is 11.6 Å². The van der Waals surface area contributed by atoms with Crippen LogP contribution < -0.4 is 9.47 Å². The maximum absolute atomic E-state index is 12.3. The van der Waals surface area contributed by atoms with Crippen LogP contribution in [0.15, 0.2) is 71.2 Å². The van der Waals surface area contributed by atoms with Crippen LogP contribution in [0.1, 0.15) is 21.9 Å². The van der Waals surface area contributed by atoms with Crippen LogP contribution in [-0.2, 0) is 6.61 Å². The standard InChI is InChI=1S/C21H17ClO4/c1-24-20-8-4-2-6-17(20)19(23)13-12-15-10-11-16(26-15)14-25-21-9-5-3-7-18(21)22/h2-13H,14H2,1H3/b13-12+. The largest absolute Gasteiger partial charge is 0.496 e. The van der Waals surface area contributed by atoms with Crippen LogP contribution in [0.3, 0.4) is 0 Å². The number of methoxy groups -OCH3 is 1. The topological polar surface area (TPSA) is 48.7 Å². The van der Waals surface area contributed by atoms with Gasteiger partial charge in [0.25, 0.3) is 0 Å². The van der Waals surface area contributed by atoms with Gasteiger partial charge in [-0.1, -0.05) is 35.9 Å². The van der Waals surface area contributed by atoms with Crippen molar-refractivity contribution in [3.8, 4) is 11.5 Å². The number of furan rings is 1. The SMILES string of the molecule is COc1ccccc1C(=O)/C=C/c1ccc(COc2ccccc2Cl)o1. The lowest BCUT2D eigenvalue weighted by molar-refractivity contribution is 0.104. The highest BCUT2D eigenvalue weighted by Crippen LogP contribution is 2.24. The molecule has 0 saturated heterocycles. The van der Waals surface area contributed by atoms with Gasteiger partial charge in [0.15, 0.2) is 5.78 Å². The van der Waals surface area contributed by atoms with Crippen LogP contribution in [0.2, 0.25) is 5.02 Å². The summed E-state index contributed by atoms with van der Waals surface area (Å²) in [6.07, 6.45) is 3.07. The Kier molecular flexibility index (Phi) is 5.77. The molecule has 0 aliphatic rings. The summed E-state index contributed by atoms with van der Waals surface area (Å²) in [4.78, 5) is 12.3. The Bertz CT molecular complexity index is 927. The molecular weight excluding hydrogens is 352 g/mol. The minimum atomic E-state index is -0.160. The molecule has 0 N–H and O–H groups in total. The summed E-state index contributed by atoms with van der Waals surface area (Å²) in [6.45, 7) is 0.248. The molecule has 0 unspecified atom stereocenters. The van der Waals surface area contributed by atoms with E-state index in [9.17, 15) is 4.79 Å². The second-order valence-electron chi connectivity index (χ2n) is 5.42. The molecule has 1 heterocycles. The molecule has 5 heteroatoms. The lowest BCUT2D eigenvalue weighted by Gasteiger charge is -2.05. The fourth-order valence-corrected chi connectivity index (χ4v) is 2.56. The number of ketones is 1. The Morgan fingerprint density at radius 3 is 2.54 bits per heavy atom. The van der Waals surface area contributed by atoms with Gasteiger partial charge in [0.1, 0.15) is 29.6 Å². The number of carbonyl (C=O) groups is 1. The Morgan fingerprint density at radius 1 is 1.04 bits per heavy atom. The monoisotopic (exact) mass is 368 g/mol. The second kappa shape index (κ2) is 8.41. The Hall–Kier alpha value is -2.98. The minimum Gasteiger partial charge on any atom is -0.496 e. The van der Waals surface area contributed by atoms with E-state index in [4.69, 9.17) is 25.5 Å².